The maximum atomic E-state index is 11.8. The molecule has 164 valence electrons. The summed E-state index contributed by atoms with van der Waals surface area (Å²) >= 11 is 6.13. The number of H-pyrrole nitrogens is 1. The molecule has 1 fully saturated rings. The van der Waals surface area contributed by atoms with Crippen molar-refractivity contribution in [1.82, 2.24) is 15.1 Å². The number of fused-ring (bicyclic) bond motifs is 1. The Kier molecular flexibility index (Phi) is 8.03. The molecule has 8 heteroatoms. The number of nitrogens with one attached hydrogen (secondary N) is 2. The number of aromatic nitrogens is 2. The Hall–Kier alpha value is -2.90. The largest absolute Gasteiger partial charge is 0.483 e. The fourth-order valence-corrected chi connectivity index (χ4v) is 3.96. The number of benzene rings is 2. The van der Waals surface area contributed by atoms with E-state index in [9.17, 15) is 4.79 Å². The Morgan fingerprint density at radius 2 is 1.90 bits per heavy atom. The van der Waals surface area contributed by atoms with Crippen LogP contribution in [0.1, 0.15) is 30.9 Å². The van der Waals surface area contributed by atoms with Crippen molar-refractivity contribution in [2.45, 2.75) is 32.9 Å². The maximum Gasteiger partial charge on any atom is 0.290 e. The molecule has 2 aromatic carbocycles. The first-order valence-corrected chi connectivity index (χ1v) is 10.7. The number of hydrogen-bond acceptors (Lipinski definition) is 5. The van der Waals surface area contributed by atoms with Crippen LogP contribution in [0.3, 0.4) is 0 Å². The highest BCUT2D eigenvalue weighted by Gasteiger charge is 2.15. The fraction of sp³-hybridized carbons (Fsp3) is 0.348. The zero-order chi connectivity index (χ0) is 22.2. The average Bonchev–Trinajstić information content (AvgIpc) is 2.77. The summed E-state index contributed by atoms with van der Waals surface area (Å²) in [7, 11) is 0. The van der Waals surface area contributed by atoms with Gasteiger partial charge in [0.25, 0.3) is 12.0 Å². The Balaban J connectivity index is 0.000000858. The molecule has 4 rings (SSSR count). The van der Waals surface area contributed by atoms with Crippen LogP contribution in [0.2, 0.25) is 5.15 Å². The van der Waals surface area contributed by atoms with Crippen LogP contribution >= 0.6 is 11.6 Å². The summed E-state index contributed by atoms with van der Waals surface area (Å²) in [6, 6.07) is 14.3. The molecule has 0 saturated carbocycles. The van der Waals surface area contributed by atoms with E-state index in [4.69, 9.17) is 21.5 Å². The first-order chi connectivity index (χ1) is 15.0. The highest BCUT2D eigenvalue weighted by molar-refractivity contribution is 6.34. The molecule has 0 unspecified atom stereocenters. The molecule has 0 spiro atoms. The Morgan fingerprint density at radius 1 is 1.19 bits per heavy atom. The Labute approximate surface area is 186 Å². The maximum absolute atomic E-state index is 11.8. The highest BCUT2D eigenvalue weighted by Crippen LogP contribution is 2.23. The van der Waals surface area contributed by atoms with Crippen molar-refractivity contribution in [3.63, 3.8) is 0 Å². The van der Waals surface area contributed by atoms with Crippen molar-refractivity contribution < 1.29 is 9.90 Å². The number of nitrogens with zero attached hydrogens (tertiary/aromatic N) is 2. The van der Waals surface area contributed by atoms with Crippen molar-refractivity contribution in [3.8, 4) is 0 Å². The van der Waals surface area contributed by atoms with Crippen LogP contribution in [0, 0.1) is 5.92 Å². The van der Waals surface area contributed by atoms with Gasteiger partial charge in [-0.25, -0.2) is 5.10 Å². The molecule has 3 N–H and O–H groups in total. The molecule has 7 nitrogen and oxygen atoms in total. The third kappa shape index (κ3) is 6.29. The predicted molar refractivity (Wildman–Crippen MR) is 124 cm³/mol. The van der Waals surface area contributed by atoms with Crippen molar-refractivity contribution in [2.75, 3.05) is 18.4 Å². The van der Waals surface area contributed by atoms with Crippen LogP contribution in [-0.2, 0) is 17.9 Å². The molecular formula is C23H27ClN4O3. The van der Waals surface area contributed by atoms with Gasteiger partial charge in [-0.05, 0) is 61.2 Å². The van der Waals surface area contributed by atoms with Crippen molar-refractivity contribution in [3.05, 3.63) is 69.1 Å². The van der Waals surface area contributed by atoms with Crippen LogP contribution in [0.25, 0.3) is 10.8 Å². The van der Waals surface area contributed by atoms with E-state index in [-0.39, 0.29) is 12.0 Å². The van der Waals surface area contributed by atoms with Crippen LogP contribution in [-0.4, -0.2) is 39.8 Å². The zero-order valence-corrected chi connectivity index (χ0v) is 18.2. The molecule has 1 aromatic heterocycles. The van der Waals surface area contributed by atoms with E-state index >= 15 is 0 Å². The van der Waals surface area contributed by atoms with Gasteiger partial charge < -0.3 is 10.4 Å². The predicted octanol–water partition coefficient (Wildman–Crippen LogP) is 4.12. The monoisotopic (exact) mass is 442 g/mol. The highest BCUT2D eigenvalue weighted by atomic mass is 35.5. The number of carboxylic acid groups (broad SMARTS) is 1. The number of hydrogen-bond donors (Lipinski definition) is 3. The summed E-state index contributed by atoms with van der Waals surface area (Å²) in [6.07, 6.45) is 2.59. The minimum absolute atomic E-state index is 0.231. The summed E-state index contributed by atoms with van der Waals surface area (Å²) in [6.45, 7) is 6.20. The van der Waals surface area contributed by atoms with Crippen LogP contribution in [0.5, 0.6) is 0 Å². The molecule has 0 atom stereocenters. The van der Waals surface area contributed by atoms with Gasteiger partial charge in [0.05, 0.1) is 5.39 Å². The lowest BCUT2D eigenvalue weighted by Crippen LogP contribution is -2.32. The van der Waals surface area contributed by atoms with E-state index < -0.39 is 0 Å². The van der Waals surface area contributed by atoms with Crippen LogP contribution in [0.4, 0.5) is 5.69 Å². The SMILES string of the molecule is CC1CCN(Cc2cccc(CNc3ccc4c(=O)[nH]nc(Cl)c4c3)c2)CC1.O=CO. The molecule has 1 aliphatic heterocycles. The van der Waals surface area contributed by atoms with Crippen molar-refractivity contribution >= 4 is 34.5 Å². The number of halogens is 1. The van der Waals surface area contributed by atoms with Gasteiger partial charge in [-0.2, -0.15) is 5.10 Å². The molecule has 1 aliphatic rings. The van der Waals surface area contributed by atoms with Gasteiger partial charge in [-0.3, -0.25) is 14.5 Å². The van der Waals surface area contributed by atoms with Gasteiger partial charge in [-0.1, -0.05) is 42.8 Å². The van der Waals surface area contributed by atoms with E-state index in [0.717, 1.165) is 18.2 Å². The molecule has 2 heterocycles. The number of anilines is 1. The van der Waals surface area contributed by atoms with E-state index in [1.807, 2.05) is 12.1 Å². The molecular weight excluding hydrogens is 416 g/mol. The third-order valence-electron chi connectivity index (χ3n) is 5.51. The summed E-state index contributed by atoms with van der Waals surface area (Å²) in [4.78, 5) is 22.7. The quantitative estimate of drug-likeness (QED) is 0.514. The normalized spacial score (nSPS) is 14.6. The Morgan fingerprint density at radius 3 is 2.65 bits per heavy atom. The lowest BCUT2D eigenvalue weighted by atomic mass is 9.98. The number of carbonyl (C=O) groups is 1. The average molecular weight is 443 g/mol. The standard InChI is InChI=1S/C22H25ClN4O.CH2O2/c1-15-7-9-27(10-8-15)14-17-4-2-3-16(11-17)13-24-18-5-6-19-20(12-18)21(23)25-26-22(19)28;2-1-3/h2-6,11-12,15,24H,7-10,13-14H2,1H3,(H,26,28);1H,(H,2,3). The second-order valence-corrected chi connectivity index (χ2v) is 8.20. The van der Waals surface area contributed by atoms with E-state index in [1.165, 1.54) is 37.1 Å². The topological polar surface area (TPSA) is 98.3 Å². The molecule has 0 amide bonds. The lowest BCUT2D eigenvalue weighted by Gasteiger charge is -2.30. The first kappa shape index (κ1) is 22.8. The number of aromatic amines is 1. The van der Waals surface area contributed by atoms with Crippen molar-refractivity contribution in [1.29, 1.82) is 0 Å². The van der Waals surface area contributed by atoms with Crippen LogP contribution in [0.15, 0.2) is 47.3 Å². The molecule has 0 radical (unpaired) electrons. The van der Waals surface area contributed by atoms with E-state index in [0.29, 0.717) is 22.5 Å². The summed E-state index contributed by atoms with van der Waals surface area (Å²) < 4.78 is 0. The molecule has 0 aliphatic carbocycles. The number of rotatable bonds is 5. The van der Waals surface area contributed by atoms with E-state index in [2.05, 4.69) is 51.6 Å². The molecule has 31 heavy (non-hydrogen) atoms. The van der Waals surface area contributed by atoms with Gasteiger partial charge in [0.2, 0.25) is 0 Å². The van der Waals surface area contributed by atoms with Gasteiger partial charge in [-0.15, -0.1) is 0 Å². The van der Waals surface area contributed by atoms with Gasteiger partial charge in [0.1, 0.15) is 0 Å². The van der Waals surface area contributed by atoms with E-state index in [1.54, 1.807) is 6.07 Å². The van der Waals surface area contributed by atoms with Gasteiger partial charge in [0, 0.05) is 24.2 Å². The molecule has 3 aromatic rings. The van der Waals surface area contributed by atoms with Crippen LogP contribution < -0.4 is 10.9 Å². The second-order valence-electron chi connectivity index (χ2n) is 7.84. The lowest BCUT2D eigenvalue weighted by molar-refractivity contribution is -0.122. The molecule has 0 bridgehead atoms. The van der Waals surface area contributed by atoms with Gasteiger partial charge >= 0.3 is 0 Å². The fourth-order valence-electron chi connectivity index (χ4n) is 3.76. The summed E-state index contributed by atoms with van der Waals surface area (Å²) in [5.74, 6) is 0.855. The Bertz CT molecular complexity index is 1080. The summed E-state index contributed by atoms with van der Waals surface area (Å²) in [5.41, 5.74) is 3.27. The third-order valence-corrected chi connectivity index (χ3v) is 5.80. The molecule has 1 saturated heterocycles. The number of piperidine rings is 1. The first-order valence-electron chi connectivity index (χ1n) is 10.3. The second kappa shape index (κ2) is 10.9. The van der Waals surface area contributed by atoms with Crippen molar-refractivity contribution in [2.24, 2.45) is 5.92 Å². The minimum Gasteiger partial charge on any atom is -0.483 e. The van der Waals surface area contributed by atoms with Gasteiger partial charge in [0.15, 0.2) is 5.15 Å². The minimum atomic E-state index is -0.250. The summed E-state index contributed by atoms with van der Waals surface area (Å²) in [5, 5.41) is 18.0. The zero-order valence-electron chi connectivity index (χ0n) is 17.5. The number of likely N-dealkylation sites (tertiary alicyclic amines) is 1. The smallest absolute Gasteiger partial charge is 0.290 e.